The lowest BCUT2D eigenvalue weighted by molar-refractivity contribution is -0.144. The first-order valence-electron chi connectivity index (χ1n) is 6.25. The number of carbonyl (C=O) groups excluding carboxylic acids is 2. The molecule has 1 aliphatic carbocycles. The van der Waals surface area contributed by atoms with Crippen LogP contribution in [0.3, 0.4) is 0 Å². The lowest BCUT2D eigenvalue weighted by Gasteiger charge is -2.30. The van der Waals surface area contributed by atoms with Gasteiger partial charge in [0.2, 0.25) is 0 Å². The van der Waals surface area contributed by atoms with Crippen molar-refractivity contribution in [1.82, 2.24) is 0 Å². The highest BCUT2D eigenvalue weighted by atomic mass is 16.5. The van der Waals surface area contributed by atoms with Gasteiger partial charge in [-0.25, -0.2) is 9.59 Å². The average Bonchev–Trinajstić information content (AvgIpc) is 2.42. The molecule has 100 valence electrons. The molecular weight excluding hydrogens is 232 g/mol. The van der Waals surface area contributed by atoms with Crippen molar-refractivity contribution < 1.29 is 19.1 Å². The summed E-state index contributed by atoms with van der Waals surface area (Å²) in [6, 6.07) is 0. The second-order valence-electron chi connectivity index (χ2n) is 4.47. The number of ether oxygens (including phenoxy) is 2. The monoisotopic (exact) mass is 252 g/mol. The molecule has 0 bridgehead atoms. The van der Waals surface area contributed by atoms with Crippen LogP contribution in [-0.4, -0.2) is 25.2 Å². The molecule has 1 fully saturated rings. The van der Waals surface area contributed by atoms with Crippen LogP contribution < -0.4 is 0 Å². The summed E-state index contributed by atoms with van der Waals surface area (Å²) in [5.41, 5.74) is 0. The summed E-state index contributed by atoms with van der Waals surface area (Å²) in [4.78, 5) is 22.1. The number of hydrogen-bond donors (Lipinski definition) is 0. The van der Waals surface area contributed by atoms with Crippen LogP contribution in [0.2, 0.25) is 0 Å². The fourth-order valence-electron chi connectivity index (χ4n) is 2.22. The molecule has 0 aromatic rings. The van der Waals surface area contributed by atoms with Crippen LogP contribution in [0.4, 0.5) is 0 Å². The maximum absolute atomic E-state index is 11.0. The van der Waals surface area contributed by atoms with E-state index in [1.54, 1.807) is 0 Å². The maximum atomic E-state index is 11.0. The molecule has 0 amide bonds. The molecule has 1 aliphatic rings. The van der Waals surface area contributed by atoms with E-state index in [0.717, 1.165) is 37.8 Å². The number of hydrogen-bond acceptors (Lipinski definition) is 4. The summed E-state index contributed by atoms with van der Waals surface area (Å²) in [5.74, 6) is -0.273. The molecule has 0 aromatic carbocycles. The van der Waals surface area contributed by atoms with Crippen LogP contribution in [0.15, 0.2) is 25.3 Å². The van der Waals surface area contributed by atoms with Crippen molar-refractivity contribution in [2.45, 2.75) is 25.7 Å². The molecule has 18 heavy (non-hydrogen) atoms. The molecule has 2 atom stereocenters. The van der Waals surface area contributed by atoms with E-state index in [1.807, 2.05) is 0 Å². The minimum atomic E-state index is -0.401. The maximum Gasteiger partial charge on any atom is 0.330 e. The highest BCUT2D eigenvalue weighted by Crippen LogP contribution is 2.30. The van der Waals surface area contributed by atoms with Crippen molar-refractivity contribution in [1.29, 1.82) is 0 Å². The van der Waals surface area contributed by atoms with Gasteiger partial charge in [0, 0.05) is 12.2 Å². The van der Waals surface area contributed by atoms with Crippen molar-refractivity contribution in [3.05, 3.63) is 25.3 Å². The second-order valence-corrected chi connectivity index (χ2v) is 4.47. The van der Waals surface area contributed by atoms with E-state index in [1.165, 1.54) is 0 Å². The van der Waals surface area contributed by atoms with Gasteiger partial charge in [0.05, 0.1) is 13.2 Å². The molecule has 0 aliphatic heterocycles. The molecule has 0 spiro atoms. The lowest BCUT2D eigenvalue weighted by Crippen LogP contribution is -2.29. The summed E-state index contributed by atoms with van der Waals surface area (Å²) in [7, 11) is 0. The summed E-state index contributed by atoms with van der Waals surface area (Å²) < 4.78 is 10.2. The predicted octanol–water partition coefficient (Wildman–Crippen LogP) is 2.25. The summed E-state index contributed by atoms with van der Waals surface area (Å²) in [6.45, 7) is 7.47. The Labute approximate surface area is 108 Å². The Kier molecular flexibility index (Phi) is 6.19. The Morgan fingerprint density at radius 2 is 1.33 bits per heavy atom. The first kappa shape index (κ1) is 14.5. The molecule has 4 nitrogen and oxygen atoms in total. The van der Waals surface area contributed by atoms with Crippen LogP contribution in [0.1, 0.15) is 25.7 Å². The molecule has 1 saturated carbocycles. The third-order valence-corrected chi connectivity index (χ3v) is 3.28. The van der Waals surface area contributed by atoms with Gasteiger partial charge in [-0.2, -0.15) is 0 Å². The smallest absolute Gasteiger partial charge is 0.330 e. The summed E-state index contributed by atoms with van der Waals surface area (Å²) in [5, 5.41) is 0. The molecule has 1 rings (SSSR count). The van der Waals surface area contributed by atoms with Crippen molar-refractivity contribution in [2.24, 2.45) is 11.8 Å². The van der Waals surface area contributed by atoms with E-state index < -0.39 is 11.9 Å². The van der Waals surface area contributed by atoms with Crippen LogP contribution in [0.5, 0.6) is 0 Å². The molecule has 4 heteroatoms. The summed E-state index contributed by atoms with van der Waals surface area (Å²) >= 11 is 0. The van der Waals surface area contributed by atoms with E-state index >= 15 is 0 Å². The third-order valence-electron chi connectivity index (χ3n) is 3.28. The zero-order chi connectivity index (χ0) is 13.4. The van der Waals surface area contributed by atoms with E-state index in [4.69, 9.17) is 9.47 Å². The molecule has 2 unspecified atom stereocenters. The molecule has 0 saturated heterocycles. The number of carbonyl (C=O) groups is 2. The predicted molar refractivity (Wildman–Crippen MR) is 67.8 cm³/mol. The average molecular weight is 252 g/mol. The Bertz CT molecular complexity index is 290. The van der Waals surface area contributed by atoms with Crippen molar-refractivity contribution >= 4 is 11.9 Å². The minimum absolute atomic E-state index is 0.264. The third kappa shape index (κ3) is 4.73. The van der Waals surface area contributed by atoms with Crippen molar-refractivity contribution in [3.63, 3.8) is 0 Å². The number of rotatable bonds is 6. The van der Waals surface area contributed by atoms with Gasteiger partial charge in [0.15, 0.2) is 0 Å². The second kappa shape index (κ2) is 7.69. The highest BCUT2D eigenvalue weighted by molar-refractivity contribution is 5.81. The van der Waals surface area contributed by atoms with Gasteiger partial charge in [-0.3, -0.25) is 0 Å². The lowest BCUT2D eigenvalue weighted by atomic mass is 9.80. The van der Waals surface area contributed by atoms with Gasteiger partial charge >= 0.3 is 11.9 Å². The number of esters is 2. The van der Waals surface area contributed by atoms with Gasteiger partial charge in [-0.15, -0.1) is 0 Å². The van der Waals surface area contributed by atoms with Gasteiger partial charge in [-0.05, 0) is 24.7 Å². The van der Waals surface area contributed by atoms with Crippen LogP contribution in [0.25, 0.3) is 0 Å². The van der Waals surface area contributed by atoms with Gasteiger partial charge in [0.25, 0.3) is 0 Å². The first-order chi connectivity index (χ1) is 8.67. The molecule has 0 heterocycles. The molecular formula is C14H20O4. The van der Waals surface area contributed by atoms with Crippen molar-refractivity contribution in [3.8, 4) is 0 Å². The summed E-state index contributed by atoms with van der Waals surface area (Å²) in [6.07, 6.45) is 6.58. The van der Waals surface area contributed by atoms with Gasteiger partial charge < -0.3 is 9.47 Å². The fourth-order valence-corrected chi connectivity index (χ4v) is 2.22. The van der Waals surface area contributed by atoms with Crippen molar-refractivity contribution in [2.75, 3.05) is 13.2 Å². The first-order valence-corrected chi connectivity index (χ1v) is 6.25. The normalized spacial score (nSPS) is 22.9. The topological polar surface area (TPSA) is 52.6 Å². The molecule has 0 radical (unpaired) electrons. The molecule has 0 N–H and O–H groups in total. The van der Waals surface area contributed by atoms with E-state index in [2.05, 4.69) is 13.2 Å². The molecule has 0 aromatic heterocycles. The van der Waals surface area contributed by atoms with Gasteiger partial charge in [-0.1, -0.05) is 26.0 Å². The standard InChI is InChI=1S/C14H20O4/c1-3-13(15)17-9-11-7-5-6-8-12(11)10-18-14(16)4-2/h3-4,11-12H,1-2,5-10H2. The zero-order valence-corrected chi connectivity index (χ0v) is 10.6. The quantitative estimate of drug-likeness (QED) is 0.537. The van der Waals surface area contributed by atoms with Crippen LogP contribution in [0, 0.1) is 11.8 Å². The van der Waals surface area contributed by atoms with Crippen LogP contribution in [-0.2, 0) is 19.1 Å². The SMILES string of the molecule is C=CC(=O)OCC1CCCCC1COC(=O)C=C. The minimum Gasteiger partial charge on any atom is -0.462 e. The van der Waals surface area contributed by atoms with E-state index in [-0.39, 0.29) is 11.8 Å². The zero-order valence-electron chi connectivity index (χ0n) is 10.6. The largest absolute Gasteiger partial charge is 0.462 e. The Morgan fingerprint density at radius 3 is 1.67 bits per heavy atom. The van der Waals surface area contributed by atoms with Gasteiger partial charge in [0.1, 0.15) is 0 Å². The Hall–Kier alpha value is -1.58. The van der Waals surface area contributed by atoms with E-state index in [0.29, 0.717) is 13.2 Å². The van der Waals surface area contributed by atoms with Crippen LogP contribution >= 0.6 is 0 Å². The van der Waals surface area contributed by atoms with E-state index in [9.17, 15) is 9.59 Å². The Morgan fingerprint density at radius 1 is 0.944 bits per heavy atom. The Balaban J connectivity index is 2.41. The fraction of sp³-hybridized carbons (Fsp3) is 0.571. The highest BCUT2D eigenvalue weighted by Gasteiger charge is 2.27.